The van der Waals surface area contributed by atoms with Gasteiger partial charge in [0.25, 0.3) is 0 Å². The van der Waals surface area contributed by atoms with Gasteiger partial charge in [-0.3, -0.25) is 0 Å². The van der Waals surface area contributed by atoms with Crippen molar-refractivity contribution >= 4 is 5.69 Å². The van der Waals surface area contributed by atoms with Gasteiger partial charge in [0.1, 0.15) is 0 Å². The first kappa shape index (κ1) is 10.4. The van der Waals surface area contributed by atoms with Gasteiger partial charge < -0.3 is 5.32 Å². The number of hydrogen-bond acceptors (Lipinski definition) is 2. The Morgan fingerprint density at radius 1 is 1.36 bits per heavy atom. The predicted molar refractivity (Wildman–Crippen MR) is 45.7 cm³/mol. The third-order valence-electron chi connectivity index (χ3n) is 1.72. The van der Waals surface area contributed by atoms with E-state index in [0.717, 1.165) is 6.07 Å². The fourth-order valence-electron chi connectivity index (χ4n) is 1.07. The van der Waals surface area contributed by atoms with E-state index in [1.807, 2.05) is 0 Å². The van der Waals surface area contributed by atoms with E-state index in [-0.39, 0.29) is 11.3 Å². The number of anilines is 1. The normalized spacial score (nSPS) is 10.8. The zero-order valence-corrected chi connectivity index (χ0v) is 7.31. The summed E-state index contributed by atoms with van der Waals surface area (Å²) in [7, 11) is 1.40. The van der Waals surface area contributed by atoms with Crippen molar-refractivity contribution in [1.29, 1.82) is 5.26 Å². The molecule has 0 aromatic heterocycles. The van der Waals surface area contributed by atoms with Crippen molar-refractivity contribution in [1.82, 2.24) is 0 Å². The summed E-state index contributed by atoms with van der Waals surface area (Å²) in [6.45, 7) is 0. The monoisotopic (exact) mass is 200 g/mol. The highest BCUT2D eigenvalue weighted by molar-refractivity contribution is 5.55. The van der Waals surface area contributed by atoms with Crippen LogP contribution in [0.1, 0.15) is 11.1 Å². The van der Waals surface area contributed by atoms with Crippen molar-refractivity contribution in [3.63, 3.8) is 0 Å². The number of hydrogen-bond donors (Lipinski definition) is 1. The summed E-state index contributed by atoms with van der Waals surface area (Å²) in [6.07, 6.45) is -4.44. The zero-order chi connectivity index (χ0) is 10.8. The average Bonchev–Trinajstić information content (AvgIpc) is 2.15. The zero-order valence-electron chi connectivity index (χ0n) is 7.31. The molecule has 1 aromatic rings. The lowest BCUT2D eigenvalue weighted by molar-refractivity contribution is -0.136. The predicted octanol–water partition coefficient (Wildman–Crippen LogP) is 2.62. The first-order chi connectivity index (χ1) is 6.49. The highest BCUT2D eigenvalue weighted by Crippen LogP contribution is 2.35. The van der Waals surface area contributed by atoms with Crippen LogP contribution in [0.2, 0.25) is 0 Å². The maximum atomic E-state index is 12.4. The van der Waals surface area contributed by atoms with Crippen molar-refractivity contribution in [2.75, 3.05) is 12.4 Å². The molecule has 1 N–H and O–H groups in total. The van der Waals surface area contributed by atoms with Crippen molar-refractivity contribution in [3.8, 4) is 6.07 Å². The van der Waals surface area contributed by atoms with Gasteiger partial charge in [-0.05, 0) is 18.2 Å². The Labute approximate surface area is 79.0 Å². The Kier molecular flexibility index (Phi) is 2.65. The highest BCUT2D eigenvalue weighted by atomic mass is 19.4. The fraction of sp³-hybridized carbons (Fsp3) is 0.222. The number of nitrogens with zero attached hydrogens (tertiary/aromatic N) is 1. The molecule has 0 heterocycles. The van der Waals surface area contributed by atoms with Gasteiger partial charge in [0.05, 0.1) is 17.2 Å². The van der Waals surface area contributed by atoms with E-state index >= 15 is 0 Å². The molecule has 0 aliphatic heterocycles. The molecule has 0 bridgehead atoms. The van der Waals surface area contributed by atoms with Crippen LogP contribution in [0.15, 0.2) is 18.2 Å². The number of alkyl halides is 3. The molecule has 1 rings (SSSR count). The van der Waals surface area contributed by atoms with Crippen LogP contribution in [-0.4, -0.2) is 7.05 Å². The summed E-state index contributed by atoms with van der Waals surface area (Å²) >= 11 is 0. The minimum Gasteiger partial charge on any atom is -0.388 e. The van der Waals surface area contributed by atoms with Crippen LogP contribution >= 0.6 is 0 Å². The first-order valence-corrected chi connectivity index (χ1v) is 3.78. The Bertz CT molecular complexity index is 377. The maximum absolute atomic E-state index is 12.4. The van der Waals surface area contributed by atoms with Crippen LogP contribution in [0.3, 0.4) is 0 Å². The molecule has 0 spiro atoms. The minimum atomic E-state index is -4.44. The quantitative estimate of drug-likeness (QED) is 0.756. The molecule has 0 radical (unpaired) electrons. The molecule has 0 atom stereocenters. The summed E-state index contributed by atoms with van der Waals surface area (Å²) in [4.78, 5) is 0. The van der Waals surface area contributed by atoms with Crippen molar-refractivity contribution in [3.05, 3.63) is 29.3 Å². The topological polar surface area (TPSA) is 35.8 Å². The molecule has 74 valence electrons. The standard InChI is InChI=1S/C9H7F3N2/c1-14-8-3-2-6(5-13)4-7(8)9(10,11)12/h2-4,14H,1H3. The van der Waals surface area contributed by atoms with Gasteiger partial charge in [0.15, 0.2) is 0 Å². The molecule has 14 heavy (non-hydrogen) atoms. The van der Waals surface area contributed by atoms with Gasteiger partial charge in [-0.15, -0.1) is 0 Å². The molecule has 1 aromatic carbocycles. The molecule has 2 nitrogen and oxygen atoms in total. The Morgan fingerprint density at radius 2 is 2.00 bits per heavy atom. The van der Waals surface area contributed by atoms with Gasteiger partial charge in [-0.25, -0.2) is 0 Å². The second-order valence-corrected chi connectivity index (χ2v) is 2.62. The molecular formula is C9H7F3N2. The van der Waals surface area contributed by atoms with E-state index in [9.17, 15) is 13.2 Å². The van der Waals surface area contributed by atoms with Crippen LogP contribution in [0.25, 0.3) is 0 Å². The van der Waals surface area contributed by atoms with Gasteiger partial charge >= 0.3 is 6.18 Å². The Hall–Kier alpha value is -1.70. The van der Waals surface area contributed by atoms with E-state index in [0.29, 0.717) is 0 Å². The van der Waals surface area contributed by atoms with Crippen LogP contribution in [-0.2, 0) is 6.18 Å². The second-order valence-electron chi connectivity index (χ2n) is 2.62. The van der Waals surface area contributed by atoms with E-state index in [2.05, 4.69) is 5.32 Å². The molecule has 0 aliphatic rings. The summed E-state index contributed by atoms with van der Waals surface area (Å²) in [5.41, 5.74) is -0.855. The van der Waals surface area contributed by atoms with E-state index < -0.39 is 11.7 Å². The molecule has 0 unspecified atom stereocenters. The summed E-state index contributed by atoms with van der Waals surface area (Å²) in [6, 6.07) is 5.06. The van der Waals surface area contributed by atoms with Crippen LogP contribution < -0.4 is 5.32 Å². The van der Waals surface area contributed by atoms with Gasteiger partial charge in [0.2, 0.25) is 0 Å². The number of nitriles is 1. The van der Waals surface area contributed by atoms with E-state index in [1.165, 1.54) is 19.2 Å². The minimum absolute atomic E-state index is 0.00340. The lowest BCUT2D eigenvalue weighted by atomic mass is 10.1. The van der Waals surface area contributed by atoms with E-state index in [4.69, 9.17) is 5.26 Å². The first-order valence-electron chi connectivity index (χ1n) is 3.78. The Balaban J connectivity index is 3.31. The number of nitrogens with one attached hydrogen (secondary N) is 1. The molecule has 5 heteroatoms. The number of halogens is 3. The van der Waals surface area contributed by atoms with Crippen molar-refractivity contribution < 1.29 is 13.2 Å². The highest BCUT2D eigenvalue weighted by Gasteiger charge is 2.33. The smallest absolute Gasteiger partial charge is 0.388 e. The van der Waals surface area contributed by atoms with Crippen LogP contribution in [0, 0.1) is 11.3 Å². The molecule has 0 saturated heterocycles. The molecule has 0 saturated carbocycles. The maximum Gasteiger partial charge on any atom is 0.418 e. The van der Waals surface area contributed by atoms with Crippen LogP contribution in [0.4, 0.5) is 18.9 Å². The molecular weight excluding hydrogens is 193 g/mol. The SMILES string of the molecule is CNc1ccc(C#N)cc1C(F)(F)F. The summed E-state index contributed by atoms with van der Waals surface area (Å²) in [5.74, 6) is 0. The van der Waals surface area contributed by atoms with Gasteiger partial charge in [0, 0.05) is 12.7 Å². The lowest BCUT2D eigenvalue weighted by Gasteiger charge is -2.12. The number of benzene rings is 1. The molecule has 0 fully saturated rings. The van der Waals surface area contributed by atoms with Gasteiger partial charge in [-0.1, -0.05) is 0 Å². The molecule has 0 amide bonds. The third kappa shape index (κ3) is 1.96. The summed E-state index contributed by atoms with van der Waals surface area (Å²) in [5, 5.41) is 10.9. The fourth-order valence-corrected chi connectivity index (χ4v) is 1.07. The molecule has 0 aliphatic carbocycles. The van der Waals surface area contributed by atoms with E-state index in [1.54, 1.807) is 6.07 Å². The average molecular weight is 200 g/mol. The van der Waals surface area contributed by atoms with Crippen molar-refractivity contribution in [2.45, 2.75) is 6.18 Å². The Morgan fingerprint density at radius 3 is 2.43 bits per heavy atom. The summed E-state index contributed by atoms with van der Waals surface area (Å²) < 4.78 is 37.2. The third-order valence-corrected chi connectivity index (χ3v) is 1.72. The van der Waals surface area contributed by atoms with Crippen molar-refractivity contribution in [2.24, 2.45) is 0 Å². The number of rotatable bonds is 1. The second kappa shape index (κ2) is 3.58. The van der Waals surface area contributed by atoms with Gasteiger partial charge in [-0.2, -0.15) is 18.4 Å². The largest absolute Gasteiger partial charge is 0.418 e. The van der Waals surface area contributed by atoms with Crippen LogP contribution in [0.5, 0.6) is 0 Å². The lowest BCUT2D eigenvalue weighted by Crippen LogP contribution is -2.09.